The molecule has 29 heavy (non-hydrogen) atoms. The summed E-state index contributed by atoms with van der Waals surface area (Å²) in [4.78, 5) is 39.2. The van der Waals surface area contributed by atoms with E-state index in [1.54, 1.807) is 31.2 Å². The molecule has 1 aliphatic rings. The zero-order chi connectivity index (χ0) is 20.8. The number of carbonyl (C=O) groups is 2. The molecule has 1 fully saturated rings. The molecule has 0 spiro atoms. The number of nitrogens with two attached hydrogens (primary N) is 1. The molecule has 3 rings (SSSR count). The first-order valence-corrected chi connectivity index (χ1v) is 10.4. The topological polar surface area (TPSA) is 143 Å². The van der Waals surface area contributed by atoms with Crippen LogP contribution in [0.25, 0.3) is 11.3 Å². The maximum Gasteiger partial charge on any atom is 0.321 e. The standard InChI is InChI=1S/C19H24N6O3S/c1-11(16(26)22-18(28)21-12-7-3-2-4-8-12)29-19-23-17(27)15(24-25-19)13-9-5-6-10-14(13)20/h5-6,9-12H,2-4,7-8,20H2,1H3,(H,23,25,27)(H2,21,22,26,28)/t11-/m0/s1. The second kappa shape index (κ2) is 9.55. The van der Waals surface area contributed by atoms with E-state index < -0.39 is 22.7 Å². The number of aromatic nitrogens is 3. The third kappa shape index (κ3) is 5.57. The van der Waals surface area contributed by atoms with Crippen LogP contribution < -0.4 is 21.9 Å². The molecule has 0 aliphatic heterocycles. The number of nitrogens with zero attached hydrogens (tertiary/aromatic N) is 2. The molecule has 5 N–H and O–H groups in total. The quantitative estimate of drug-likeness (QED) is 0.431. The van der Waals surface area contributed by atoms with Crippen LogP contribution in [0.1, 0.15) is 39.0 Å². The Morgan fingerprint density at radius 1 is 1.21 bits per heavy atom. The number of amides is 3. The predicted octanol–water partition coefficient (Wildman–Crippen LogP) is 2.05. The van der Waals surface area contributed by atoms with Crippen LogP contribution in [0, 0.1) is 0 Å². The molecular weight excluding hydrogens is 392 g/mol. The van der Waals surface area contributed by atoms with E-state index >= 15 is 0 Å². The fraction of sp³-hybridized carbons (Fsp3) is 0.421. The lowest BCUT2D eigenvalue weighted by Crippen LogP contribution is -2.47. The molecule has 1 atom stereocenters. The molecule has 1 heterocycles. The minimum atomic E-state index is -0.648. The highest BCUT2D eigenvalue weighted by atomic mass is 32.2. The first-order chi connectivity index (χ1) is 13.9. The van der Waals surface area contributed by atoms with Crippen LogP contribution in [0.2, 0.25) is 0 Å². The molecule has 1 saturated carbocycles. The Kier molecular flexibility index (Phi) is 6.86. The number of urea groups is 1. The Morgan fingerprint density at radius 3 is 2.62 bits per heavy atom. The van der Waals surface area contributed by atoms with Gasteiger partial charge in [0.2, 0.25) is 5.91 Å². The molecule has 9 nitrogen and oxygen atoms in total. The number of rotatable bonds is 5. The summed E-state index contributed by atoms with van der Waals surface area (Å²) >= 11 is 1.01. The number of para-hydroxylation sites is 1. The maximum absolute atomic E-state index is 12.4. The van der Waals surface area contributed by atoms with Crippen molar-refractivity contribution in [3.63, 3.8) is 0 Å². The normalized spacial score (nSPS) is 15.5. The number of nitrogens with one attached hydrogen (secondary N) is 3. The number of carbonyl (C=O) groups excluding carboxylic acids is 2. The van der Waals surface area contributed by atoms with Gasteiger partial charge in [-0.3, -0.25) is 19.9 Å². The number of nitrogen functional groups attached to an aromatic ring is 1. The summed E-state index contributed by atoms with van der Waals surface area (Å²) in [6.07, 6.45) is 5.22. The van der Waals surface area contributed by atoms with Crippen molar-refractivity contribution < 1.29 is 9.59 Å². The van der Waals surface area contributed by atoms with Gasteiger partial charge in [-0.05, 0) is 25.8 Å². The molecule has 0 saturated heterocycles. The monoisotopic (exact) mass is 416 g/mol. The summed E-state index contributed by atoms with van der Waals surface area (Å²) in [6.45, 7) is 1.62. The summed E-state index contributed by atoms with van der Waals surface area (Å²) in [5, 5.41) is 12.6. The van der Waals surface area contributed by atoms with Crippen LogP contribution in [-0.4, -0.2) is 38.4 Å². The first kappa shape index (κ1) is 20.8. The Labute approximate surface area is 172 Å². The van der Waals surface area contributed by atoms with Gasteiger partial charge in [-0.1, -0.05) is 49.2 Å². The molecule has 0 bridgehead atoms. The molecule has 1 aromatic heterocycles. The van der Waals surface area contributed by atoms with E-state index in [9.17, 15) is 14.4 Å². The van der Waals surface area contributed by atoms with E-state index in [0.29, 0.717) is 11.3 Å². The Morgan fingerprint density at radius 2 is 1.93 bits per heavy atom. The smallest absolute Gasteiger partial charge is 0.321 e. The van der Waals surface area contributed by atoms with E-state index in [-0.39, 0.29) is 16.9 Å². The fourth-order valence-corrected chi connectivity index (χ4v) is 3.91. The average molecular weight is 417 g/mol. The Bertz CT molecular complexity index is 942. The molecule has 10 heteroatoms. The van der Waals surface area contributed by atoms with Crippen molar-refractivity contribution in [2.45, 2.75) is 55.5 Å². The molecular formula is C19H24N6O3S. The zero-order valence-electron chi connectivity index (χ0n) is 16.1. The lowest BCUT2D eigenvalue weighted by Gasteiger charge is -2.22. The fourth-order valence-electron chi connectivity index (χ4n) is 3.17. The number of benzene rings is 1. The van der Waals surface area contributed by atoms with Crippen molar-refractivity contribution in [2.75, 3.05) is 5.73 Å². The number of aromatic amines is 1. The van der Waals surface area contributed by atoms with Gasteiger partial charge >= 0.3 is 6.03 Å². The largest absolute Gasteiger partial charge is 0.398 e. The van der Waals surface area contributed by atoms with Gasteiger partial charge in [0.1, 0.15) is 0 Å². The van der Waals surface area contributed by atoms with E-state index in [1.165, 1.54) is 6.42 Å². The lowest BCUT2D eigenvalue weighted by molar-refractivity contribution is -0.119. The number of hydrogen-bond acceptors (Lipinski definition) is 7. The van der Waals surface area contributed by atoms with Gasteiger partial charge in [0.15, 0.2) is 10.9 Å². The highest BCUT2D eigenvalue weighted by Gasteiger charge is 2.21. The number of H-pyrrole nitrogens is 1. The van der Waals surface area contributed by atoms with Gasteiger partial charge in [0.25, 0.3) is 5.56 Å². The van der Waals surface area contributed by atoms with Gasteiger partial charge in [-0.25, -0.2) is 4.79 Å². The van der Waals surface area contributed by atoms with Crippen LogP contribution in [-0.2, 0) is 4.79 Å². The third-order valence-electron chi connectivity index (χ3n) is 4.73. The molecule has 1 aromatic carbocycles. The van der Waals surface area contributed by atoms with Crippen molar-refractivity contribution >= 4 is 29.4 Å². The summed E-state index contributed by atoms with van der Waals surface area (Å²) in [6, 6.07) is 6.48. The Balaban J connectivity index is 1.58. The summed E-state index contributed by atoms with van der Waals surface area (Å²) in [5.41, 5.74) is 6.44. The highest BCUT2D eigenvalue weighted by molar-refractivity contribution is 8.00. The van der Waals surface area contributed by atoms with Gasteiger partial charge in [0.05, 0.1) is 5.25 Å². The zero-order valence-corrected chi connectivity index (χ0v) is 16.9. The Hall–Kier alpha value is -2.88. The van der Waals surface area contributed by atoms with E-state index in [1.807, 2.05) is 0 Å². The van der Waals surface area contributed by atoms with E-state index in [4.69, 9.17) is 5.73 Å². The second-order valence-electron chi connectivity index (χ2n) is 6.95. The lowest BCUT2D eigenvalue weighted by atomic mass is 9.96. The van der Waals surface area contributed by atoms with E-state index in [0.717, 1.165) is 37.4 Å². The van der Waals surface area contributed by atoms with E-state index in [2.05, 4.69) is 25.8 Å². The minimum Gasteiger partial charge on any atom is -0.398 e. The molecule has 2 aromatic rings. The van der Waals surface area contributed by atoms with Crippen LogP contribution in [0.4, 0.5) is 10.5 Å². The van der Waals surface area contributed by atoms with Gasteiger partial charge in [-0.2, -0.15) is 0 Å². The van der Waals surface area contributed by atoms with Crippen molar-refractivity contribution in [1.29, 1.82) is 0 Å². The van der Waals surface area contributed by atoms with Gasteiger partial charge < -0.3 is 11.1 Å². The third-order valence-corrected chi connectivity index (χ3v) is 5.70. The minimum absolute atomic E-state index is 0.108. The highest BCUT2D eigenvalue weighted by Crippen LogP contribution is 2.22. The van der Waals surface area contributed by atoms with Gasteiger partial charge in [0, 0.05) is 17.3 Å². The van der Waals surface area contributed by atoms with Crippen molar-refractivity contribution in [2.24, 2.45) is 0 Å². The summed E-state index contributed by atoms with van der Waals surface area (Å²) in [7, 11) is 0. The first-order valence-electron chi connectivity index (χ1n) is 9.54. The summed E-state index contributed by atoms with van der Waals surface area (Å²) < 4.78 is 0. The molecule has 1 aliphatic carbocycles. The van der Waals surface area contributed by atoms with Crippen LogP contribution in [0.5, 0.6) is 0 Å². The van der Waals surface area contributed by atoms with Crippen molar-refractivity contribution in [1.82, 2.24) is 25.8 Å². The maximum atomic E-state index is 12.4. The number of hydrogen-bond donors (Lipinski definition) is 4. The number of imide groups is 1. The number of thioether (sulfide) groups is 1. The van der Waals surface area contributed by atoms with Gasteiger partial charge in [-0.15, -0.1) is 10.2 Å². The van der Waals surface area contributed by atoms with Crippen LogP contribution in [0.3, 0.4) is 0 Å². The van der Waals surface area contributed by atoms with Crippen molar-refractivity contribution in [3.8, 4) is 11.3 Å². The molecule has 0 radical (unpaired) electrons. The van der Waals surface area contributed by atoms with Crippen molar-refractivity contribution in [3.05, 3.63) is 34.6 Å². The predicted molar refractivity (Wildman–Crippen MR) is 111 cm³/mol. The average Bonchev–Trinajstić information content (AvgIpc) is 2.69. The van der Waals surface area contributed by atoms with Crippen LogP contribution >= 0.6 is 11.8 Å². The second-order valence-corrected chi connectivity index (χ2v) is 8.28. The molecule has 3 amide bonds. The summed E-state index contributed by atoms with van der Waals surface area (Å²) in [5.74, 6) is -0.470. The number of anilines is 1. The van der Waals surface area contributed by atoms with Crippen LogP contribution in [0.15, 0.2) is 34.2 Å². The SMILES string of the molecule is C[C@H](Sc1nnc(-c2ccccc2N)c(=O)[nH]1)C(=O)NC(=O)NC1CCCCC1. The molecule has 154 valence electrons. The molecule has 0 unspecified atom stereocenters.